The van der Waals surface area contributed by atoms with Gasteiger partial charge >= 0.3 is 0 Å². The highest BCUT2D eigenvalue weighted by Gasteiger charge is 2.31. The van der Waals surface area contributed by atoms with Crippen LogP contribution < -0.4 is 5.32 Å². The lowest BCUT2D eigenvalue weighted by Gasteiger charge is -2.23. The molecule has 0 saturated heterocycles. The summed E-state index contributed by atoms with van der Waals surface area (Å²) in [6, 6.07) is 6.79. The third-order valence-electron chi connectivity index (χ3n) is 3.72. The molecular formula is C15H18N6. The lowest BCUT2D eigenvalue weighted by atomic mass is 9.96. The first-order valence-electron chi connectivity index (χ1n) is 7.16. The van der Waals surface area contributed by atoms with Gasteiger partial charge in [-0.3, -0.25) is 5.32 Å². The molecule has 0 aliphatic heterocycles. The largest absolute Gasteiger partial charge is 0.321 e. The number of aryl methyl sites for hydroxylation is 1. The molecule has 1 heterocycles. The fourth-order valence-electron chi connectivity index (χ4n) is 2.35. The van der Waals surface area contributed by atoms with Gasteiger partial charge in [0.1, 0.15) is 17.7 Å². The van der Waals surface area contributed by atoms with Crippen molar-refractivity contribution in [3.63, 3.8) is 0 Å². The van der Waals surface area contributed by atoms with Crippen molar-refractivity contribution >= 4 is 0 Å². The zero-order valence-corrected chi connectivity index (χ0v) is 12.1. The molecule has 1 aromatic rings. The van der Waals surface area contributed by atoms with Gasteiger partial charge in [-0.15, -0.1) is 0 Å². The molecule has 1 aliphatic carbocycles. The Morgan fingerprint density at radius 3 is 2.67 bits per heavy atom. The summed E-state index contributed by atoms with van der Waals surface area (Å²) in [5.74, 6) is 0. The van der Waals surface area contributed by atoms with Crippen molar-refractivity contribution in [1.29, 1.82) is 15.8 Å². The quantitative estimate of drug-likeness (QED) is 0.769. The van der Waals surface area contributed by atoms with Crippen molar-refractivity contribution in [3.05, 3.63) is 17.7 Å². The monoisotopic (exact) mass is 282 g/mol. The topological polar surface area (TPSA) is 101 Å². The predicted molar refractivity (Wildman–Crippen MR) is 75.7 cm³/mol. The van der Waals surface area contributed by atoms with Crippen LogP contribution in [0.4, 0.5) is 0 Å². The summed E-state index contributed by atoms with van der Waals surface area (Å²) in [5, 5.41) is 30.5. The minimum absolute atomic E-state index is 0.176. The molecule has 2 rings (SSSR count). The van der Waals surface area contributed by atoms with E-state index in [1.807, 2.05) is 19.1 Å². The zero-order chi connectivity index (χ0) is 15.3. The molecule has 1 saturated carbocycles. The number of rotatable bonds is 7. The van der Waals surface area contributed by atoms with E-state index in [1.54, 1.807) is 4.57 Å². The molecule has 0 spiro atoms. The number of aromatic nitrogens is 2. The van der Waals surface area contributed by atoms with Gasteiger partial charge in [0.2, 0.25) is 0 Å². The van der Waals surface area contributed by atoms with Gasteiger partial charge in [-0.25, -0.2) is 4.98 Å². The molecule has 0 amide bonds. The zero-order valence-electron chi connectivity index (χ0n) is 12.1. The van der Waals surface area contributed by atoms with Gasteiger partial charge in [0.15, 0.2) is 11.4 Å². The first-order valence-corrected chi connectivity index (χ1v) is 7.16. The number of unbranched alkanes of at least 4 members (excludes halogenated alkanes) is 1. The van der Waals surface area contributed by atoms with Crippen molar-refractivity contribution in [2.24, 2.45) is 0 Å². The Labute approximate surface area is 124 Å². The van der Waals surface area contributed by atoms with E-state index < -0.39 is 5.54 Å². The highest BCUT2D eigenvalue weighted by atomic mass is 15.1. The first-order chi connectivity index (χ1) is 10.1. The number of nitrogens with one attached hydrogen (secondary N) is 1. The van der Waals surface area contributed by atoms with Gasteiger partial charge in [-0.2, -0.15) is 15.8 Å². The second-order valence-electron chi connectivity index (χ2n) is 5.68. The standard InChI is InChI=1S/C15H18N6/c1-15(10-18,20-12-4-5-12)6-2-3-7-21-11-19-13(8-16)14(21)9-17/h11-12,20H,2-7H2,1H3. The molecule has 0 radical (unpaired) electrons. The molecule has 1 aliphatic rings. The van der Waals surface area contributed by atoms with Crippen LogP contribution in [0.3, 0.4) is 0 Å². The van der Waals surface area contributed by atoms with Crippen molar-refractivity contribution in [2.45, 2.75) is 57.2 Å². The van der Waals surface area contributed by atoms with E-state index in [-0.39, 0.29) is 5.69 Å². The van der Waals surface area contributed by atoms with Crippen LogP contribution >= 0.6 is 0 Å². The van der Waals surface area contributed by atoms with Gasteiger partial charge in [0, 0.05) is 12.6 Å². The fraction of sp³-hybridized carbons (Fsp3) is 0.600. The number of nitriles is 3. The Bertz CT molecular complexity index is 622. The molecule has 1 N–H and O–H groups in total. The molecule has 1 atom stereocenters. The summed E-state index contributed by atoms with van der Waals surface area (Å²) < 4.78 is 1.70. The van der Waals surface area contributed by atoms with E-state index in [9.17, 15) is 5.26 Å². The van der Waals surface area contributed by atoms with Crippen molar-refractivity contribution < 1.29 is 0 Å². The summed E-state index contributed by atoms with van der Waals surface area (Å²) >= 11 is 0. The Morgan fingerprint density at radius 1 is 1.33 bits per heavy atom. The molecule has 1 unspecified atom stereocenters. The van der Waals surface area contributed by atoms with Crippen LogP contribution in [0.5, 0.6) is 0 Å². The van der Waals surface area contributed by atoms with Crippen LogP contribution in [0.15, 0.2) is 6.33 Å². The van der Waals surface area contributed by atoms with Gasteiger partial charge < -0.3 is 4.57 Å². The second-order valence-corrected chi connectivity index (χ2v) is 5.68. The maximum absolute atomic E-state index is 9.29. The van der Waals surface area contributed by atoms with E-state index in [4.69, 9.17) is 10.5 Å². The van der Waals surface area contributed by atoms with Gasteiger partial charge in [0.25, 0.3) is 0 Å². The molecule has 21 heavy (non-hydrogen) atoms. The molecule has 1 fully saturated rings. The number of imidazole rings is 1. The van der Waals surface area contributed by atoms with E-state index in [2.05, 4.69) is 16.4 Å². The van der Waals surface area contributed by atoms with Gasteiger partial charge in [-0.1, -0.05) is 0 Å². The third-order valence-corrected chi connectivity index (χ3v) is 3.72. The molecule has 0 aromatic carbocycles. The highest BCUT2D eigenvalue weighted by Crippen LogP contribution is 2.24. The number of hydrogen-bond donors (Lipinski definition) is 1. The fourth-order valence-corrected chi connectivity index (χ4v) is 2.35. The summed E-state index contributed by atoms with van der Waals surface area (Å²) in [7, 11) is 0. The molecule has 0 bridgehead atoms. The maximum Gasteiger partial charge on any atom is 0.176 e. The normalized spacial score (nSPS) is 16.5. The Kier molecular flexibility index (Phi) is 4.58. The minimum Gasteiger partial charge on any atom is -0.321 e. The van der Waals surface area contributed by atoms with E-state index in [0.29, 0.717) is 18.3 Å². The average molecular weight is 282 g/mol. The van der Waals surface area contributed by atoms with Crippen molar-refractivity contribution in [1.82, 2.24) is 14.9 Å². The Hall–Kier alpha value is -2.36. The SMILES string of the molecule is CC(C#N)(CCCCn1cnc(C#N)c1C#N)NC1CC1. The third kappa shape index (κ3) is 3.81. The van der Waals surface area contributed by atoms with Gasteiger partial charge in [0.05, 0.1) is 12.4 Å². The molecule has 1 aromatic heterocycles. The second kappa shape index (κ2) is 6.39. The molecular weight excluding hydrogens is 264 g/mol. The molecule has 6 nitrogen and oxygen atoms in total. The van der Waals surface area contributed by atoms with Crippen molar-refractivity contribution in [3.8, 4) is 18.2 Å². The van der Waals surface area contributed by atoms with Gasteiger partial charge in [-0.05, 0) is 39.0 Å². The average Bonchev–Trinajstić information content (AvgIpc) is 3.20. The van der Waals surface area contributed by atoms with E-state index in [0.717, 1.165) is 32.1 Å². The molecule has 108 valence electrons. The van der Waals surface area contributed by atoms with Crippen LogP contribution in [-0.4, -0.2) is 21.1 Å². The summed E-state index contributed by atoms with van der Waals surface area (Å²) in [4.78, 5) is 3.91. The molecule has 6 heteroatoms. The Morgan fingerprint density at radius 2 is 2.10 bits per heavy atom. The van der Waals surface area contributed by atoms with Crippen LogP contribution in [0.25, 0.3) is 0 Å². The maximum atomic E-state index is 9.29. The number of hydrogen-bond acceptors (Lipinski definition) is 5. The van der Waals surface area contributed by atoms with Crippen LogP contribution in [0.2, 0.25) is 0 Å². The Balaban J connectivity index is 1.82. The lowest BCUT2D eigenvalue weighted by molar-refractivity contribution is 0.392. The summed E-state index contributed by atoms with van der Waals surface area (Å²) in [6.45, 7) is 2.58. The minimum atomic E-state index is -0.466. The van der Waals surface area contributed by atoms with Crippen LogP contribution in [-0.2, 0) is 6.54 Å². The smallest absolute Gasteiger partial charge is 0.176 e. The number of nitrogens with zero attached hydrogens (tertiary/aromatic N) is 5. The summed E-state index contributed by atoms with van der Waals surface area (Å²) in [5.41, 5.74) is 0.0258. The summed E-state index contributed by atoms with van der Waals surface area (Å²) in [6.07, 6.45) is 6.36. The van der Waals surface area contributed by atoms with E-state index >= 15 is 0 Å². The lowest BCUT2D eigenvalue weighted by Crippen LogP contribution is -2.42. The van der Waals surface area contributed by atoms with Crippen LogP contribution in [0, 0.1) is 34.0 Å². The van der Waals surface area contributed by atoms with E-state index in [1.165, 1.54) is 6.33 Å². The van der Waals surface area contributed by atoms with Crippen LogP contribution in [0.1, 0.15) is 50.4 Å². The van der Waals surface area contributed by atoms with Crippen molar-refractivity contribution in [2.75, 3.05) is 0 Å². The first kappa shape index (κ1) is 15.0. The highest BCUT2D eigenvalue weighted by molar-refractivity contribution is 5.35. The predicted octanol–water partition coefficient (Wildman–Crippen LogP) is 1.83.